The van der Waals surface area contributed by atoms with E-state index in [9.17, 15) is 0 Å². The zero-order valence-electron chi connectivity index (χ0n) is 14.4. The van der Waals surface area contributed by atoms with E-state index in [-0.39, 0.29) is 0 Å². The maximum Gasteiger partial charge on any atom is 0.203 e. The molecule has 1 unspecified atom stereocenters. The molecule has 124 valence electrons. The predicted molar refractivity (Wildman–Crippen MR) is 88.1 cm³/mol. The van der Waals surface area contributed by atoms with Crippen LogP contribution >= 0.6 is 0 Å². The average Bonchev–Trinajstić information content (AvgIpc) is 2.55. The molecule has 0 spiro atoms. The van der Waals surface area contributed by atoms with Gasteiger partial charge in [-0.05, 0) is 19.5 Å². The molecule has 5 nitrogen and oxygen atoms in total. The highest BCUT2D eigenvalue weighted by Crippen LogP contribution is 2.40. The zero-order valence-corrected chi connectivity index (χ0v) is 14.4. The van der Waals surface area contributed by atoms with Crippen molar-refractivity contribution in [2.45, 2.75) is 25.9 Å². The second-order valence-electron chi connectivity index (χ2n) is 5.77. The number of likely N-dealkylation sites (N-methyl/N-ethyl adjacent to an activating group) is 1. The van der Waals surface area contributed by atoms with Gasteiger partial charge < -0.3 is 19.1 Å². The summed E-state index contributed by atoms with van der Waals surface area (Å²) in [5, 5.41) is 0. The number of hydrogen-bond acceptors (Lipinski definition) is 5. The van der Waals surface area contributed by atoms with E-state index in [2.05, 4.69) is 29.8 Å². The van der Waals surface area contributed by atoms with Crippen LogP contribution in [0.2, 0.25) is 0 Å². The summed E-state index contributed by atoms with van der Waals surface area (Å²) in [6, 6.07) is 4.64. The van der Waals surface area contributed by atoms with Gasteiger partial charge in [-0.1, -0.05) is 13.0 Å². The second-order valence-corrected chi connectivity index (χ2v) is 5.77. The molecular weight excluding hydrogens is 280 g/mol. The molecule has 0 amide bonds. The Hall–Kier alpha value is -1.46. The fourth-order valence-electron chi connectivity index (χ4n) is 3.12. The Labute approximate surface area is 133 Å². The fraction of sp³-hybridized carbons (Fsp3) is 0.647. The maximum atomic E-state index is 5.58. The summed E-state index contributed by atoms with van der Waals surface area (Å²) in [7, 11) is 7.18. The number of hydrogen-bond donors (Lipinski definition) is 0. The van der Waals surface area contributed by atoms with Crippen LogP contribution in [0.25, 0.3) is 0 Å². The topological polar surface area (TPSA) is 34.2 Å². The van der Waals surface area contributed by atoms with Crippen LogP contribution in [0.3, 0.4) is 0 Å². The van der Waals surface area contributed by atoms with E-state index in [0.29, 0.717) is 17.5 Å². The van der Waals surface area contributed by atoms with Crippen LogP contribution in [-0.2, 0) is 6.54 Å². The lowest BCUT2D eigenvalue weighted by Gasteiger charge is -2.39. The van der Waals surface area contributed by atoms with Crippen LogP contribution in [0.5, 0.6) is 17.2 Å². The highest BCUT2D eigenvalue weighted by molar-refractivity contribution is 5.55. The lowest BCUT2D eigenvalue weighted by Crippen LogP contribution is -2.50. The van der Waals surface area contributed by atoms with Gasteiger partial charge in [0.25, 0.3) is 0 Å². The Kier molecular flexibility index (Phi) is 5.91. The first-order valence-electron chi connectivity index (χ1n) is 7.85. The van der Waals surface area contributed by atoms with Crippen LogP contribution in [0.1, 0.15) is 18.9 Å². The van der Waals surface area contributed by atoms with Crippen LogP contribution in [0, 0.1) is 0 Å². The molecule has 2 rings (SSSR count). The Morgan fingerprint density at radius 1 is 1.05 bits per heavy atom. The van der Waals surface area contributed by atoms with Gasteiger partial charge in [-0.25, -0.2) is 0 Å². The van der Waals surface area contributed by atoms with Crippen molar-refractivity contribution in [3.63, 3.8) is 0 Å². The van der Waals surface area contributed by atoms with Crippen molar-refractivity contribution in [1.29, 1.82) is 0 Å². The quantitative estimate of drug-likeness (QED) is 0.805. The third-order valence-electron chi connectivity index (χ3n) is 4.51. The number of rotatable bonds is 6. The van der Waals surface area contributed by atoms with Crippen LogP contribution in [-0.4, -0.2) is 63.9 Å². The van der Waals surface area contributed by atoms with E-state index < -0.39 is 0 Å². The summed E-state index contributed by atoms with van der Waals surface area (Å²) in [5.74, 6) is 2.14. The van der Waals surface area contributed by atoms with E-state index >= 15 is 0 Å². The van der Waals surface area contributed by atoms with Gasteiger partial charge in [0.1, 0.15) is 0 Å². The molecule has 0 N–H and O–H groups in total. The fourth-order valence-corrected chi connectivity index (χ4v) is 3.12. The van der Waals surface area contributed by atoms with Gasteiger partial charge in [0.15, 0.2) is 11.5 Å². The first kappa shape index (κ1) is 16.9. The molecule has 0 saturated carbocycles. The van der Waals surface area contributed by atoms with Crippen molar-refractivity contribution >= 4 is 0 Å². The molecule has 0 aromatic heterocycles. The van der Waals surface area contributed by atoms with E-state index in [1.54, 1.807) is 21.3 Å². The standard InChI is InChI=1S/C17H28N2O3/c1-6-14-12-19(10-9-18(14)2)11-13-7-8-15(20-3)17(22-5)16(13)21-4/h7-8,14H,6,9-12H2,1-5H3. The molecule has 22 heavy (non-hydrogen) atoms. The molecular formula is C17H28N2O3. The molecule has 1 saturated heterocycles. The van der Waals surface area contributed by atoms with Gasteiger partial charge in [0, 0.05) is 37.8 Å². The van der Waals surface area contributed by atoms with E-state index in [1.807, 2.05) is 6.07 Å². The SMILES string of the molecule is CCC1CN(Cc2ccc(OC)c(OC)c2OC)CCN1C. The van der Waals surface area contributed by atoms with Crippen molar-refractivity contribution in [2.24, 2.45) is 0 Å². The largest absolute Gasteiger partial charge is 0.493 e. The Morgan fingerprint density at radius 3 is 2.36 bits per heavy atom. The zero-order chi connectivity index (χ0) is 16.1. The van der Waals surface area contributed by atoms with Crippen molar-refractivity contribution < 1.29 is 14.2 Å². The maximum absolute atomic E-state index is 5.58. The molecule has 5 heteroatoms. The molecule has 0 aliphatic carbocycles. The molecule has 1 fully saturated rings. The third kappa shape index (κ3) is 3.47. The molecule has 0 radical (unpaired) electrons. The van der Waals surface area contributed by atoms with E-state index in [0.717, 1.165) is 37.5 Å². The minimum absolute atomic E-state index is 0.625. The Morgan fingerprint density at radius 2 is 1.77 bits per heavy atom. The predicted octanol–water partition coefficient (Wildman–Crippen LogP) is 2.24. The average molecular weight is 308 g/mol. The summed E-state index contributed by atoms with van der Waals surface area (Å²) in [6.45, 7) is 6.39. The van der Waals surface area contributed by atoms with Gasteiger partial charge in [0.05, 0.1) is 21.3 Å². The highest BCUT2D eigenvalue weighted by atomic mass is 16.5. The Bertz CT molecular complexity index is 493. The van der Waals surface area contributed by atoms with Crippen molar-refractivity contribution in [1.82, 2.24) is 9.80 Å². The number of methoxy groups -OCH3 is 3. The van der Waals surface area contributed by atoms with Crippen LogP contribution < -0.4 is 14.2 Å². The molecule has 1 aromatic carbocycles. The molecule has 1 heterocycles. The minimum Gasteiger partial charge on any atom is -0.493 e. The molecule has 1 aliphatic heterocycles. The molecule has 1 aliphatic rings. The van der Waals surface area contributed by atoms with E-state index in [1.165, 1.54) is 6.42 Å². The molecule has 1 atom stereocenters. The monoisotopic (exact) mass is 308 g/mol. The second kappa shape index (κ2) is 7.70. The van der Waals surface area contributed by atoms with Crippen LogP contribution in [0.4, 0.5) is 0 Å². The van der Waals surface area contributed by atoms with Crippen molar-refractivity contribution in [2.75, 3.05) is 48.0 Å². The summed E-state index contributed by atoms with van der Waals surface area (Å²) < 4.78 is 16.4. The molecule has 1 aromatic rings. The summed E-state index contributed by atoms with van der Waals surface area (Å²) in [5.41, 5.74) is 1.14. The van der Waals surface area contributed by atoms with Gasteiger partial charge in [-0.2, -0.15) is 0 Å². The lowest BCUT2D eigenvalue weighted by atomic mass is 10.1. The van der Waals surface area contributed by atoms with Crippen LogP contribution in [0.15, 0.2) is 12.1 Å². The summed E-state index contributed by atoms with van der Waals surface area (Å²) in [6.07, 6.45) is 1.18. The molecule has 0 bridgehead atoms. The number of nitrogens with zero attached hydrogens (tertiary/aromatic N) is 2. The van der Waals surface area contributed by atoms with Gasteiger partial charge in [-0.15, -0.1) is 0 Å². The van der Waals surface area contributed by atoms with Gasteiger partial charge in [-0.3, -0.25) is 4.90 Å². The number of benzene rings is 1. The van der Waals surface area contributed by atoms with Gasteiger partial charge in [0.2, 0.25) is 5.75 Å². The van der Waals surface area contributed by atoms with Crippen molar-refractivity contribution in [3.05, 3.63) is 17.7 Å². The van der Waals surface area contributed by atoms with Crippen molar-refractivity contribution in [3.8, 4) is 17.2 Å². The number of ether oxygens (including phenoxy) is 3. The Balaban J connectivity index is 2.19. The normalized spacial score (nSPS) is 20.0. The van der Waals surface area contributed by atoms with Gasteiger partial charge >= 0.3 is 0 Å². The first-order valence-corrected chi connectivity index (χ1v) is 7.85. The highest BCUT2D eigenvalue weighted by Gasteiger charge is 2.24. The third-order valence-corrected chi connectivity index (χ3v) is 4.51. The first-order chi connectivity index (χ1) is 10.6. The smallest absolute Gasteiger partial charge is 0.203 e. The lowest BCUT2D eigenvalue weighted by molar-refractivity contribution is 0.0877. The van der Waals surface area contributed by atoms with E-state index in [4.69, 9.17) is 14.2 Å². The summed E-state index contributed by atoms with van der Waals surface area (Å²) in [4.78, 5) is 4.93. The summed E-state index contributed by atoms with van der Waals surface area (Å²) >= 11 is 0. The number of piperazine rings is 1. The minimum atomic E-state index is 0.625.